The van der Waals surface area contributed by atoms with Gasteiger partial charge in [-0.3, -0.25) is 14.3 Å². The average Bonchev–Trinajstić information content (AvgIpc) is 3.23. The summed E-state index contributed by atoms with van der Waals surface area (Å²) >= 11 is 0. The summed E-state index contributed by atoms with van der Waals surface area (Å²) < 4.78 is 15.2. The molecular formula is C21H23FN4O2. The van der Waals surface area contributed by atoms with E-state index in [0.29, 0.717) is 42.5 Å². The van der Waals surface area contributed by atoms with Crippen LogP contribution in [0.4, 0.5) is 4.39 Å². The highest BCUT2D eigenvalue weighted by Gasteiger charge is 2.30. The van der Waals surface area contributed by atoms with E-state index in [2.05, 4.69) is 5.10 Å². The minimum Gasteiger partial charge on any atom is -0.336 e. The zero-order valence-corrected chi connectivity index (χ0v) is 16.1. The Morgan fingerprint density at radius 2 is 1.96 bits per heavy atom. The molecule has 2 aliphatic heterocycles. The molecule has 0 fully saturated rings. The van der Waals surface area contributed by atoms with Crippen LogP contribution in [0.2, 0.25) is 0 Å². The molecule has 0 atom stereocenters. The Bertz CT molecular complexity index is 963. The van der Waals surface area contributed by atoms with Crippen molar-refractivity contribution in [1.29, 1.82) is 0 Å². The molecule has 0 saturated carbocycles. The molecule has 2 amide bonds. The van der Waals surface area contributed by atoms with E-state index in [1.807, 2.05) is 36.9 Å². The Morgan fingerprint density at radius 3 is 2.68 bits per heavy atom. The van der Waals surface area contributed by atoms with E-state index in [9.17, 15) is 14.0 Å². The number of amides is 2. The fourth-order valence-corrected chi connectivity index (χ4v) is 3.90. The number of benzene rings is 1. The minimum atomic E-state index is -0.0857. The number of hydrogen-bond acceptors (Lipinski definition) is 3. The number of hydrogen-bond donors (Lipinski definition) is 0. The maximum atomic E-state index is 13.6. The van der Waals surface area contributed by atoms with Gasteiger partial charge in [0.2, 0.25) is 0 Å². The zero-order chi connectivity index (χ0) is 19.8. The van der Waals surface area contributed by atoms with Crippen LogP contribution in [0.3, 0.4) is 0 Å². The van der Waals surface area contributed by atoms with Gasteiger partial charge in [0.15, 0.2) is 0 Å². The van der Waals surface area contributed by atoms with Crippen LogP contribution in [0.5, 0.6) is 0 Å². The van der Waals surface area contributed by atoms with E-state index in [0.717, 1.165) is 11.3 Å². The number of nitrogens with zero attached hydrogens (tertiary/aromatic N) is 4. The quantitative estimate of drug-likeness (QED) is 0.799. The number of rotatable bonds is 5. The largest absolute Gasteiger partial charge is 0.336 e. The van der Waals surface area contributed by atoms with Crippen LogP contribution in [-0.4, -0.2) is 50.5 Å². The van der Waals surface area contributed by atoms with Gasteiger partial charge in [-0.2, -0.15) is 5.10 Å². The molecule has 3 heterocycles. The standard InChI is InChI=1S/C21H23FN4O2/c1-14(2)26-8-7-19-18(21(26)28)13-25(23-19)11-15(9-22)10-24-12-16-5-3-4-6-17(16)20(24)27/h3-6,9,13-14H,7-8,10-12H2,1-2H3/b15-9+. The predicted molar refractivity (Wildman–Crippen MR) is 102 cm³/mol. The maximum absolute atomic E-state index is 13.6. The Morgan fingerprint density at radius 1 is 1.18 bits per heavy atom. The molecule has 0 saturated heterocycles. The van der Waals surface area contributed by atoms with Crippen LogP contribution in [0.1, 0.15) is 45.8 Å². The van der Waals surface area contributed by atoms with Crippen LogP contribution >= 0.6 is 0 Å². The highest BCUT2D eigenvalue weighted by molar-refractivity contribution is 5.98. The summed E-state index contributed by atoms with van der Waals surface area (Å²) in [5.74, 6) is -0.115. The molecule has 0 bridgehead atoms. The number of fused-ring (bicyclic) bond motifs is 2. The summed E-state index contributed by atoms with van der Waals surface area (Å²) in [7, 11) is 0. The van der Waals surface area contributed by atoms with Gasteiger partial charge in [-0.25, -0.2) is 4.39 Å². The van der Waals surface area contributed by atoms with Crippen LogP contribution in [-0.2, 0) is 19.5 Å². The second-order valence-corrected chi connectivity index (χ2v) is 7.62. The Labute approximate surface area is 163 Å². The molecule has 2 aromatic rings. The van der Waals surface area contributed by atoms with Gasteiger partial charge in [0.25, 0.3) is 11.8 Å². The topological polar surface area (TPSA) is 58.4 Å². The van der Waals surface area contributed by atoms with E-state index in [-0.39, 0.29) is 30.9 Å². The normalized spacial score (nSPS) is 16.8. The second-order valence-electron chi connectivity index (χ2n) is 7.62. The Kier molecular flexibility index (Phi) is 4.75. The third-order valence-corrected chi connectivity index (χ3v) is 5.35. The molecule has 0 aliphatic carbocycles. The molecule has 28 heavy (non-hydrogen) atoms. The summed E-state index contributed by atoms with van der Waals surface area (Å²) in [6.45, 7) is 5.50. The summed E-state index contributed by atoms with van der Waals surface area (Å²) in [6.07, 6.45) is 2.93. The fourth-order valence-electron chi connectivity index (χ4n) is 3.90. The van der Waals surface area contributed by atoms with Crippen molar-refractivity contribution in [2.45, 2.75) is 39.4 Å². The number of carbonyl (C=O) groups excluding carboxylic acids is 2. The van der Waals surface area contributed by atoms with Gasteiger partial charge >= 0.3 is 0 Å². The first kappa shape index (κ1) is 18.4. The smallest absolute Gasteiger partial charge is 0.257 e. The van der Waals surface area contributed by atoms with Crippen molar-refractivity contribution in [2.75, 3.05) is 13.1 Å². The third-order valence-electron chi connectivity index (χ3n) is 5.35. The summed E-state index contributed by atoms with van der Waals surface area (Å²) in [5, 5.41) is 4.47. The van der Waals surface area contributed by atoms with Crippen molar-refractivity contribution in [1.82, 2.24) is 19.6 Å². The zero-order valence-electron chi connectivity index (χ0n) is 16.1. The average molecular weight is 382 g/mol. The molecule has 2 aliphatic rings. The molecule has 0 N–H and O–H groups in total. The summed E-state index contributed by atoms with van der Waals surface area (Å²) in [5.41, 5.74) is 3.41. The highest BCUT2D eigenvalue weighted by atomic mass is 19.1. The number of halogens is 1. The van der Waals surface area contributed by atoms with E-state index in [4.69, 9.17) is 0 Å². The molecule has 7 heteroatoms. The lowest BCUT2D eigenvalue weighted by atomic mass is 10.1. The third kappa shape index (κ3) is 3.21. The molecule has 0 unspecified atom stereocenters. The molecule has 0 spiro atoms. The van der Waals surface area contributed by atoms with Crippen molar-refractivity contribution in [2.24, 2.45) is 0 Å². The van der Waals surface area contributed by atoms with Crippen molar-refractivity contribution < 1.29 is 14.0 Å². The van der Waals surface area contributed by atoms with Gasteiger partial charge in [-0.1, -0.05) is 18.2 Å². The first-order valence-electron chi connectivity index (χ1n) is 9.50. The maximum Gasteiger partial charge on any atom is 0.257 e. The number of carbonyl (C=O) groups is 2. The molecule has 4 rings (SSSR count). The molecule has 1 aromatic carbocycles. The van der Waals surface area contributed by atoms with Gasteiger partial charge in [0, 0.05) is 43.9 Å². The van der Waals surface area contributed by atoms with Crippen LogP contribution in [0.25, 0.3) is 0 Å². The molecule has 6 nitrogen and oxygen atoms in total. The van der Waals surface area contributed by atoms with Crippen LogP contribution in [0.15, 0.2) is 42.4 Å². The lowest BCUT2D eigenvalue weighted by Gasteiger charge is -2.29. The molecule has 0 radical (unpaired) electrons. The van der Waals surface area contributed by atoms with E-state index >= 15 is 0 Å². The van der Waals surface area contributed by atoms with Crippen LogP contribution < -0.4 is 0 Å². The minimum absolute atomic E-state index is 0.0292. The highest BCUT2D eigenvalue weighted by Crippen LogP contribution is 2.24. The van der Waals surface area contributed by atoms with Gasteiger partial charge in [-0.05, 0) is 31.1 Å². The summed E-state index contributed by atoms with van der Waals surface area (Å²) in [4.78, 5) is 28.6. The van der Waals surface area contributed by atoms with E-state index in [1.165, 1.54) is 0 Å². The molecule has 146 valence electrons. The second kappa shape index (κ2) is 7.22. The molecular weight excluding hydrogens is 359 g/mol. The van der Waals surface area contributed by atoms with Gasteiger partial charge in [0.05, 0.1) is 24.1 Å². The molecule has 1 aromatic heterocycles. The van der Waals surface area contributed by atoms with Gasteiger partial charge < -0.3 is 9.80 Å². The lowest BCUT2D eigenvalue weighted by Crippen LogP contribution is -2.41. The monoisotopic (exact) mass is 382 g/mol. The van der Waals surface area contributed by atoms with E-state index in [1.54, 1.807) is 21.8 Å². The van der Waals surface area contributed by atoms with Gasteiger partial charge in [0.1, 0.15) is 0 Å². The SMILES string of the molecule is CC(C)N1CCc2nn(C/C(=C/F)CN3Cc4ccccc4C3=O)cc2C1=O. The van der Waals surface area contributed by atoms with Crippen molar-refractivity contribution in [3.63, 3.8) is 0 Å². The lowest BCUT2D eigenvalue weighted by molar-refractivity contribution is 0.0687. The first-order chi connectivity index (χ1) is 13.5. The Hall–Kier alpha value is -2.96. The Balaban J connectivity index is 1.47. The van der Waals surface area contributed by atoms with Crippen molar-refractivity contribution in [3.05, 3.63) is 64.7 Å². The number of aromatic nitrogens is 2. The van der Waals surface area contributed by atoms with Crippen molar-refractivity contribution in [3.8, 4) is 0 Å². The van der Waals surface area contributed by atoms with Gasteiger partial charge in [-0.15, -0.1) is 0 Å². The van der Waals surface area contributed by atoms with Crippen molar-refractivity contribution >= 4 is 11.8 Å². The van der Waals surface area contributed by atoms with Crippen LogP contribution in [0, 0.1) is 0 Å². The fraction of sp³-hybridized carbons (Fsp3) is 0.381. The predicted octanol–water partition coefficient (Wildman–Crippen LogP) is 2.80. The first-order valence-corrected chi connectivity index (χ1v) is 9.50. The van der Waals surface area contributed by atoms with E-state index < -0.39 is 0 Å². The summed E-state index contributed by atoms with van der Waals surface area (Å²) in [6, 6.07) is 7.57.